The minimum atomic E-state index is 0.0531. The summed E-state index contributed by atoms with van der Waals surface area (Å²) in [6.07, 6.45) is 6.72. The largest absolute Gasteiger partial charge is 0.356 e. The summed E-state index contributed by atoms with van der Waals surface area (Å²) in [5.74, 6) is 0.106. The number of nitrogens with one attached hydrogen (secondary N) is 3. The molecule has 0 aliphatic rings. The van der Waals surface area contributed by atoms with Crippen molar-refractivity contribution in [3.05, 3.63) is 0 Å². The van der Waals surface area contributed by atoms with Crippen LogP contribution in [0.1, 0.15) is 52.4 Å². The predicted molar refractivity (Wildman–Crippen MR) is 77.9 cm³/mol. The first kappa shape index (κ1) is 17.9. The van der Waals surface area contributed by atoms with Gasteiger partial charge in [-0.1, -0.05) is 12.8 Å². The first-order valence-electron chi connectivity index (χ1n) is 7.32. The average Bonchev–Trinajstić information content (AvgIpc) is 2.34. The van der Waals surface area contributed by atoms with Crippen LogP contribution < -0.4 is 16.0 Å². The Morgan fingerprint density at radius 3 is 1.37 bits per heavy atom. The summed E-state index contributed by atoms with van der Waals surface area (Å²) in [5, 5.41) is 9.00. The van der Waals surface area contributed by atoms with E-state index in [1.54, 1.807) is 13.8 Å². The monoisotopic (exact) mass is 271 g/mol. The van der Waals surface area contributed by atoms with Crippen molar-refractivity contribution < 1.29 is 9.59 Å². The maximum Gasteiger partial charge on any atom is 0.216 e. The van der Waals surface area contributed by atoms with Gasteiger partial charge in [0, 0.05) is 26.9 Å². The summed E-state index contributed by atoms with van der Waals surface area (Å²) in [5.41, 5.74) is 0. The van der Waals surface area contributed by atoms with E-state index in [2.05, 4.69) is 16.0 Å². The molecule has 0 heterocycles. The second kappa shape index (κ2) is 13.3. The first-order valence-corrected chi connectivity index (χ1v) is 7.32. The lowest BCUT2D eigenvalue weighted by Gasteiger charge is -2.05. The Hall–Kier alpha value is -1.10. The van der Waals surface area contributed by atoms with Crippen LogP contribution in [0.5, 0.6) is 0 Å². The summed E-state index contributed by atoms with van der Waals surface area (Å²) in [4.78, 5) is 21.2. The van der Waals surface area contributed by atoms with Gasteiger partial charge in [-0.05, 0) is 38.8 Å². The molecule has 0 saturated heterocycles. The van der Waals surface area contributed by atoms with E-state index in [1.807, 2.05) is 0 Å². The van der Waals surface area contributed by atoms with Crippen molar-refractivity contribution in [1.29, 1.82) is 0 Å². The van der Waals surface area contributed by atoms with E-state index in [-0.39, 0.29) is 11.8 Å². The Balaban J connectivity index is 2.99. The molecule has 0 aliphatic heterocycles. The molecule has 0 bridgehead atoms. The Morgan fingerprint density at radius 1 is 0.632 bits per heavy atom. The smallest absolute Gasteiger partial charge is 0.216 e. The summed E-state index contributed by atoms with van der Waals surface area (Å²) in [6, 6.07) is 0. The lowest BCUT2D eigenvalue weighted by atomic mass is 10.2. The SMILES string of the molecule is CC(=O)NCCCCCNCCCCCNC(C)=O. The maximum absolute atomic E-state index is 10.6. The molecule has 0 atom stereocenters. The van der Waals surface area contributed by atoms with Gasteiger partial charge in [0.15, 0.2) is 0 Å². The molecule has 2 amide bonds. The predicted octanol–water partition coefficient (Wildman–Crippen LogP) is 1.19. The van der Waals surface area contributed by atoms with Crippen molar-refractivity contribution in [2.75, 3.05) is 26.2 Å². The molecule has 0 saturated carbocycles. The van der Waals surface area contributed by atoms with Gasteiger partial charge in [-0.15, -0.1) is 0 Å². The quantitative estimate of drug-likeness (QED) is 0.467. The highest BCUT2D eigenvalue weighted by molar-refractivity contribution is 5.72. The molecular formula is C14H29N3O2. The molecule has 0 aromatic rings. The van der Waals surface area contributed by atoms with E-state index < -0.39 is 0 Å². The van der Waals surface area contributed by atoms with Gasteiger partial charge in [0.2, 0.25) is 11.8 Å². The number of amides is 2. The fraction of sp³-hybridized carbons (Fsp3) is 0.857. The van der Waals surface area contributed by atoms with Crippen LogP contribution in [0.25, 0.3) is 0 Å². The van der Waals surface area contributed by atoms with E-state index >= 15 is 0 Å². The van der Waals surface area contributed by atoms with Crippen molar-refractivity contribution in [2.24, 2.45) is 0 Å². The molecule has 0 aliphatic carbocycles. The van der Waals surface area contributed by atoms with Crippen molar-refractivity contribution in [3.8, 4) is 0 Å². The van der Waals surface area contributed by atoms with E-state index in [0.717, 1.165) is 64.7 Å². The van der Waals surface area contributed by atoms with Gasteiger partial charge in [-0.25, -0.2) is 0 Å². The number of carbonyl (C=O) groups is 2. The van der Waals surface area contributed by atoms with E-state index in [4.69, 9.17) is 0 Å². The van der Waals surface area contributed by atoms with Crippen LogP contribution in [0.2, 0.25) is 0 Å². The number of hydrogen-bond donors (Lipinski definition) is 3. The van der Waals surface area contributed by atoms with Crippen LogP contribution in [0.15, 0.2) is 0 Å². The number of carbonyl (C=O) groups excluding carboxylic acids is 2. The summed E-state index contributed by atoms with van der Waals surface area (Å²) in [6.45, 7) is 6.77. The molecule has 3 N–H and O–H groups in total. The molecular weight excluding hydrogens is 242 g/mol. The highest BCUT2D eigenvalue weighted by Gasteiger charge is 1.94. The van der Waals surface area contributed by atoms with E-state index in [0.29, 0.717) is 0 Å². The molecule has 19 heavy (non-hydrogen) atoms. The maximum atomic E-state index is 10.6. The Labute approximate surface area is 116 Å². The number of hydrogen-bond acceptors (Lipinski definition) is 3. The second-order valence-electron chi connectivity index (χ2n) is 4.84. The molecule has 112 valence electrons. The molecule has 0 aromatic heterocycles. The summed E-state index contributed by atoms with van der Waals surface area (Å²) in [7, 11) is 0. The number of unbranched alkanes of at least 4 members (excludes halogenated alkanes) is 4. The molecule has 0 unspecified atom stereocenters. The third-order valence-electron chi connectivity index (χ3n) is 2.81. The molecule has 0 spiro atoms. The zero-order valence-corrected chi connectivity index (χ0v) is 12.4. The van der Waals surface area contributed by atoms with Crippen LogP contribution in [0.3, 0.4) is 0 Å². The third kappa shape index (κ3) is 16.9. The molecule has 0 radical (unpaired) electrons. The highest BCUT2D eigenvalue weighted by atomic mass is 16.1. The second-order valence-corrected chi connectivity index (χ2v) is 4.84. The zero-order valence-electron chi connectivity index (χ0n) is 12.4. The standard InChI is InChI=1S/C14H29N3O2/c1-13(18)16-11-7-3-5-9-15-10-6-4-8-12-17-14(2)19/h15H,3-12H2,1-2H3,(H,16,18)(H,17,19). The minimum absolute atomic E-state index is 0.0531. The Bertz CT molecular complexity index is 221. The van der Waals surface area contributed by atoms with Gasteiger partial charge in [-0.2, -0.15) is 0 Å². The van der Waals surface area contributed by atoms with Crippen LogP contribution >= 0.6 is 0 Å². The topological polar surface area (TPSA) is 70.2 Å². The van der Waals surface area contributed by atoms with Crippen LogP contribution in [-0.2, 0) is 9.59 Å². The van der Waals surface area contributed by atoms with Gasteiger partial charge in [-0.3, -0.25) is 9.59 Å². The van der Waals surface area contributed by atoms with Crippen LogP contribution in [0, 0.1) is 0 Å². The Kier molecular flexibility index (Phi) is 12.6. The molecule has 0 aromatic carbocycles. The fourth-order valence-electron chi connectivity index (χ4n) is 1.76. The fourth-order valence-corrected chi connectivity index (χ4v) is 1.76. The van der Waals surface area contributed by atoms with Gasteiger partial charge in [0.05, 0.1) is 0 Å². The summed E-state index contributed by atoms with van der Waals surface area (Å²) >= 11 is 0. The van der Waals surface area contributed by atoms with Crippen molar-refractivity contribution in [2.45, 2.75) is 52.4 Å². The zero-order chi connectivity index (χ0) is 14.3. The van der Waals surface area contributed by atoms with Crippen LogP contribution in [0.4, 0.5) is 0 Å². The molecule has 5 heteroatoms. The van der Waals surface area contributed by atoms with E-state index in [1.165, 1.54) is 0 Å². The third-order valence-corrected chi connectivity index (χ3v) is 2.81. The van der Waals surface area contributed by atoms with Gasteiger partial charge in [0.25, 0.3) is 0 Å². The number of rotatable bonds is 12. The Morgan fingerprint density at radius 2 is 1.00 bits per heavy atom. The summed E-state index contributed by atoms with van der Waals surface area (Å²) < 4.78 is 0. The van der Waals surface area contributed by atoms with Crippen molar-refractivity contribution in [1.82, 2.24) is 16.0 Å². The lowest BCUT2D eigenvalue weighted by molar-refractivity contribution is -0.119. The van der Waals surface area contributed by atoms with Crippen molar-refractivity contribution in [3.63, 3.8) is 0 Å². The minimum Gasteiger partial charge on any atom is -0.356 e. The molecule has 0 fully saturated rings. The molecule has 5 nitrogen and oxygen atoms in total. The lowest BCUT2D eigenvalue weighted by Crippen LogP contribution is -2.22. The van der Waals surface area contributed by atoms with Gasteiger partial charge >= 0.3 is 0 Å². The first-order chi connectivity index (χ1) is 9.13. The average molecular weight is 271 g/mol. The normalized spacial score (nSPS) is 10.2. The van der Waals surface area contributed by atoms with Gasteiger partial charge < -0.3 is 16.0 Å². The van der Waals surface area contributed by atoms with Gasteiger partial charge in [0.1, 0.15) is 0 Å². The van der Waals surface area contributed by atoms with Crippen molar-refractivity contribution >= 4 is 11.8 Å². The van der Waals surface area contributed by atoms with E-state index in [9.17, 15) is 9.59 Å². The molecule has 0 rings (SSSR count). The van der Waals surface area contributed by atoms with Crippen LogP contribution in [-0.4, -0.2) is 38.0 Å². The highest BCUT2D eigenvalue weighted by Crippen LogP contribution is 1.94.